The normalized spacial score (nSPS) is 12.3. The lowest BCUT2D eigenvalue weighted by atomic mass is 10.1. The second kappa shape index (κ2) is 9.78. The van der Waals surface area contributed by atoms with Crippen molar-refractivity contribution < 1.29 is 9.53 Å². The summed E-state index contributed by atoms with van der Waals surface area (Å²) in [4.78, 5) is 12.2. The molecule has 0 aliphatic heterocycles. The molecule has 0 aliphatic carbocycles. The summed E-state index contributed by atoms with van der Waals surface area (Å²) < 4.78 is 4.97. The molecule has 2 nitrogen and oxygen atoms in total. The van der Waals surface area contributed by atoms with E-state index in [1.54, 1.807) is 0 Å². The van der Waals surface area contributed by atoms with Crippen LogP contribution < -0.4 is 0 Å². The van der Waals surface area contributed by atoms with Crippen molar-refractivity contribution >= 4 is 20.1 Å². The van der Waals surface area contributed by atoms with Gasteiger partial charge in [0.15, 0.2) is 0 Å². The third kappa shape index (κ3) is 5.35. The number of rotatable bonds is 6. The zero-order chi connectivity index (χ0) is 19.9. The summed E-state index contributed by atoms with van der Waals surface area (Å²) in [7, 11) is -0.355. The van der Waals surface area contributed by atoms with Gasteiger partial charge in [-0.1, -0.05) is 71.4 Å². The first-order valence-corrected chi connectivity index (χ1v) is 11.7. The van der Waals surface area contributed by atoms with Crippen molar-refractivity contribution in [2.45, 2.75) is 71.5 Å². The number of esters is 1. The molecule has 0 atom stereocenters. The molecule has 0 bridgehead atoms. The van der Waals surface area contributed by atoms with Crippen molar-refractivity contribution in [2.75, 3.05) is 7.11 Å². The van der Waals surface area contributed by atoms with E-state index in [0.717, 1.165) is 5.56 Å². The minimum atomic E-state index is -1.78. The first-order chi connectivity index (χ1) is 12.1. The van der Waals surface area contributed by atoms with Crippen molar-refractivity contribution in [3.8, 4) is 11.5 Å². The van der Waals surface area contributed by atoms with E-state index in [0.29, 0.717) is 28.6 Å². The maximum Gasteiger partial charge on any atom is 0.334 e. The van der Waals surface area contributed by atoms with Gasteiger partial charge in [0.05, 0.1) is 7.11 Å². The van der Waals surface area contributed by atoms with Crippen LogP contribution in [0.4, 0.5) is 0 Å². The molecule has 0 amide bonds. The Bertz CT molecular complexity index is 663. The van der Waals surface area contributed by atoms with Crippen LogP contribution in [-0.4, -0.2) is 21.2 Å². The molecule has 3 heteroatoms. The van der Waals surface area contributed by atoms with Gasteiger partial charge in [0.2, 0.25) is 0 Å². The molecule has 26 heavy (non-hydrogen) atoms. The number of carbonyl (C=O) groups excluding carboxylic acids is 1. The van der Waals surface area contributed by atoms with Crippen LogP contribution in [0.25, 0.3) is 6.08 Å². The molecule has 0 radical (unpaired) electrons. The average molecular weight is 371 g/mol. The minimum absolute atomic E-state index is 0.300. The highest BCUT2D eigenvalue weighted by molar-refractivity contribution is 6.90. The summed E-state index contributed by atoms with van der Waals surface area (Å²) in [5.41, 5.74) is 8.23. The van der Waals surface area contributed by atoms with Gasteiger partial charge in [-0.05, 0) is 35.2 Å². The van der Waals surface area contributed by atoms with Crippen LogP contribution in [0.15, 0.2) is 29.8 Å². The first-order valence-electron chi connectivity index (χ1n) is 9.50. The lowest BCUT2D eigenvalue weighted by molar-refractivity contribution is -0.136. The maximum absolute atomic E-state index is 12.2. The van der Waals surface area contributed by atoms with Gasteiger partial charge < -0.3 is 4.74 Å². The standard InChI is InChI=1S/C23H34O2Si/c1-17(2)26(18(3)4,19(5)6)15-9-10-22(23(24)25-8)16-21-13-11-20(7)12-14-21/h11-14,16-19H,10H2,1-8H3/b22-16-. The van der Waals surface area contributed by atoms with Crippen molar-refractivity contribution in [2.24, 2.45) is 0 Å². The molecule has 1 rings (SSSR count). The zero-order valence-electron chi connectivity index (χ0n) is 17.6. The van der Waals surface area contributed by atoms with Crippen LogP contribution >= 0.6 is 0 Å². The van der Waals surface area contributed by atoms with Gasteiger partial charge in [-0.3, -0.25) is 0 Å². The lowest BCUT2D eigenvalue weighted by Crippen LogP contribution is -2.43. The van der Waals surface area contributed by atoms with Crippen LogP contribution in [-0.2, 0) is 9.53 Å². The smallest absolute Gasteiger partial charge is 0.334 e. The third-order valence-corrected chi connectivity index (χ3v) is 11.7. The Labute approximate surface area is 161 Å². The summed E-state index contributed by atoms with van der Waals surface area (Å²) in [5.74, 6) is 3.06. The Morgan fingerprint density at radius 1 is 1.04 bits per heavy atom. The summed E-state index contributed by atoms with van der Waals surface area (Å²) in [6.07, 6.45) is 2.32. The average Bonchev–Trinajstić information content (AvgIpc) is 2.57. The summed E-state index contributed by atoms with van der Waals surface area (Å²) in [5, 5.41) is 0. The zero-order valence-corrected chi connectivity index (χ0v) is 18.6. The van der Waals surface area contributed by atoms with Crippen molar-refractivity contribution in [3.63, 3.8) is 0 Å². The number of hydrogen-bond acceptors (Lipinski definition) is 2. The largest absolute Gasteiger partial charge is 0.466 e. The summed E-state index contributed by atoms with van der Waals surface area (Å²) >= 11 is 0. The van der Waals surface area contributed by atoms with E-state index in [2.05, 4.69) is 53.0 Å². The van der Waals surface area contributed by atoms with Gasteiger partial charge >= 0.3 is 5.97 Å². The highest BCUT2D eigenvalue weighted by Gasteiger charge is 2.41. The topological polar surface area (TPSA) is 26.3 Å². The molecule has 0 heterocycles. The molecule has 0 unspecified atom stereocenters. The van der Waals surface area contributed by atoms with Gasteiger partial charge in [0, 0.05) is 12.0 Å². The van der Waals surface area contributed by atoms with Gasteiger partial charge in [0.1, 0.15) is 8.07 Å². The molecule has 0 aliphatic rings. The Hall–Kier alpha value is -1.79. The number of hydrogen-bond donors (Lipinski definition) is 0. The molecule has 0 aromatic heterocycles. The molecule has 1 aromatic rings. The predicted octanol–water partition coefficient (Wildman–Crippen LogP) is 6.16. The molecule has 142 valence electrons. The molecule has 0 saturated heterocycles. The Morgan fingerprint density at radius 3 is 1.96 bits per heavy atom. The second-order valence-corrected chi connectivity index (χ2v) is 13.5. The van der Waals surface area contributed by atoms with E-state index in [4.69, 9.17) is 4.74 Å². The Balaban J connectivity index is 3.20. The second-order valence-electron chi connectivity index (χ2n) is 7.95. The van der Waals surface area contributed by atoms with Gasteiger partial charge in [-0.2, -0.15) is 0 Å². The van der Waals surface area contributed by atoms with E-state index < -0.39 is 8.07 Å². The number of carbonyl (C=O) groups is 1. The van der Waals surface area contributed by atoms with Gasteiger partial charge in [0.25, 0.3) is 0 Å². The summed E-state index contributed by atoms with van der Waals surface area (Å²) in [6, 6.07) is 8.11. The van der Waals surface area contributed by atoms with Crippen molar-refractivity contribution in [1.29, 1.82) is 0 Å². The monoisotopic (exact) mass is 370 g/mol. The van der Waals surface area contributed by atoms with E-state index in [1.165, 1.54) is 12.7 Å². The molecule has 0 saturated carbocycles. The van der Waals surface area contributed by atoms with Crippen LogP contribution in [0.2, 0.25) is 16.6 Å². The molecular weight excluding hydrogens is 336 g/mol. The SMILES string of the molecule is COC(=O)/C(=C\c1ccc(C)cc1)CC#C[Si](C(C)C)(C(C)C)C(C)C. The van der Waals surface area contributed by atoms with Crippen LogP contribution in [0, 0.1) is 18.4 Å². The molecular formula is C23H34O2Si. The van der Waals surface area contributed by atoms with E-state index in [9.17, 15) is 4.79 Å². The Morgan fingerprint density at radius 2 is 1.54 bits per heavy atom. The number of benzene rings is 1. The highest BCUT2D eigenvalue weighted by atomic mass is 28.3. The summed E-state index contributed by atoms with van der Waals surface area (Å²) in [6.45, 7) is 15.8. The van der Waals surface area contributed by atoms with Crippen LogP contribution in [0.5, 0.6) is 0 Å². The van der Waals surface area contributed by atoms with Crippen LogP contribution in [0.3, 0.4) is 0 Å². The van der Waals surface area contributed by atoms with Gasteiger partial charge in [-0.15, -0.1) is 11.5 Å². The fourth-order valence-corrected chi connectivity index (χ4v) is 9.16. The van der Waals surface area contributed by atoms with Crippen molar-refractivity contribution in [1.82, 2.24) is 0 Å². The first kappa shape index (κ1) is 22.2. The minimum Gasteiger partial charge on any atom is -0.466 e. The number of aryl methyl sites for hydroxylation is 1. The fraction of sp³-hybridized carbons (Fsp3) is 0.522. The van der Waals surface area contributed by atoms with Crippen LogP contribution in [0.1, 0.15) is 59.1 Å². The van der Waals surface area contributed by atoms with E-state index in [1.807, 2.05) is 37.3 Å². The molecule has 0 spiro atoms. The lowest BCUT2D eigenvalue weighted by Gasteiger charge is -2.38. The van der Waals surface area contributed by atoms with Gasteiger partial charge in [-0.25, -0.2) is 4.79 Å². The fourth-order valence-electron chi connectivity index (χ4n) is 3.90. The Kier molecular flexibility index (Phi) is 8.37. The third-order valence-electron chi connectivity index (χ3n) is 5.32. The number of ether oxygens (including phenoxy) is 1. The molecule has 0 N–H and O–H groups in total. The van der Waals surface area contributed by atoms with E-state index in [-0.39, 0.29) is 5.97 Å². The highest BCUT2D eigenvalue weighted by Crippen LogP contribution is 2.40. The predicted molar refractivity (Wildman–Crippen MR) is 115 cm³/mol. The quantitative estimate of drug-likeness (QED) is 0.259. The molecule has 1 aromatic carbocycles. The van der Waals surface area contributed by atoms with Crippen molar-refractivity contribution in [3.05, 3.63) is 41.0 Å². The van der Waals surface area contributed by atoms with E-state index >= 15 is 0 Å². The maximum atomic E-state index is 12.2. The number of methoxy groups -OCH3 is 1. The molecule has 0 fully saturated rings.